The van der Waals surface area contributed by atoms with Crippen molar-refractivity contribution in [3.05, 3.63) is 24.0 Å². The van der Waals surface area contributed by atoms with E-state index in [-0.39, 0.29) is 6.10 Å². The van der Waals surface area contributed by atoms with E-state index in [2.05, 4.69) is 16.4 Å². The van der Waals surface area contributed by atoms with Crippen LogP contribution in [0.4, 0.5) is 0 Å². The maximum Gasteiger partial charge on any atom is 0.155 e. The van der Waals surface area contributed by atoms with Crippen molar-refractivity contribution in [3.63, 3.8) is 0 Å². The molecule has 0 aliphatic carbocycles. The zero-order valence-corrected chi connectivity index (χ0v) is 7.73. The summed E-state index contributed by atoms with van der Waals surface area (Å²) >= 11 is 0. The third-order valence-electron chi connectivity index (χ3n) is 2.21. The largest absolute Gasteiger partial charge is 0.486 e. The van der Waals surface area contributed by atoms with Gasteiger partial charge in [0, 0.05) is 12.7 Å². The number of ether oxygens (including phenoxy) is 1. The monoisotopic (exact) mass is 189 g/mol. The number of hydrogen-bond donors (Lipinski definition) is 1. The minimum absolute atomic E-state index is 0.172. The Hall–Kier alpha value is -1.60. The first-order chi connectivity index (χ1) is 6.90. The fraction of sp³-hybridized carbons (Fsp3) is 0.400. The second-order valence-electron chi connectivity index (χ2n) is 3.22. The molecule has 1 aliphatic rings. The summed E-state index contributed by atoms with van der Waals surface area (Å²) in [7, 11) is 0. The molecule has 0 radical (unpaired) electrons. The maximum atomic E-state index is 8.82. The first-order valence-corrected chi connectivity index (χ1v) is 4.61. The third kappa shape index (κ3) is 1.83. The molecule has 0 unspecified atom stereocenters. The fourth-order valence-electron chi connectivity index (χ4n) is 1.47. The number of rotatable bonds is 2. The lowest BCUT2D eigenvalue weighted by molar-refractivity contribution is 0.221. The van der Waals surface area contributed by atoms with Crippen LogP contribution in [0.25, 0.3) is 0 Å². The molecule has 1 atom stereocenters. The molecule has 2 rings (SSSR count). The van der Waals surface area contributed by atoms with Crippen LogP contribution in [0.15, 0.2) is 18.5 Å². The van der Waals surface area contributed by atoms with Gasteiger partial charge in [0.2, 0.25) is 0 Å². The van der Waals surface area contributed by atoms with Crippen LogP contribution < -0.4 is 10.1 Å². The van der Waals surface area contributed by atoms with E-state index in [1.165, 1.54) is 0 Å². The van der Waals surface area contributed by atoms with Gasteiger partial charge in [0.1, 0.15) is 12.2 Å². The van der Waals surface area contributed by atoms with E-state index in [0.29, 0.717) is 11.3 Å². The van der Waals surface area contributed by atoms with Crippen molar-refractivity contribution in [3.8, 4) is 11.8 Å². The molecule has 1 fully saturated rings. The molecule has 0 aromatic carbocycles. The molecule has 1 aromatic rings. The molecular weight excluding hydrogens is 178 g/mol. The zero-order chi connectivity index (χ0) is 9.80. The van der Waals surface area contributed by atoms with Gasteiger partial charge in [-0.05, 0) is 19.0 Å². The highest BCUT2D eigenvalue weighted by Gasteiger charge is 2.17. The Morgan fingerprint density at radius 2 is 2.57 bits per heavy atom. The standard InChI is InChI=1S/C10H11N3O/c11-5-8-1-3-13-7-10(8)14-9-2-4-12-6-9/h1,3,7,9,12H,2,4,6H2/t9-/m0/s1. The number of nitrogens with zero attached hydrogens (tertiary/aromatic N) is 2. The Morgan fingerprint density at radius 3 is 3.29 bits per heavy atom. The lowest BCUT2D eigenvalue weighted by atomic mass is 10.2. The molecule has 0 bridgehead atoms. The summed E-state index contributed by atoms with van der Waals surface area (Å²) in [5.74, 6) is 0.587. The molecular formula is C10H11N3O. The molecule has 4 heteroatoms. The minimum Gasteiger partial charge on any atom is -0.486 e. The van der Waals surface area contributed by atoms with Crippen molar-refractivity contribution in [2.45, 2.75) is 12.5 Å². The molecule has 4 nitrogen and oxygen atoms in total. The SMILES string of the molecule is N#Cc1ccncc1O[C@H]1CCNC1. The molecule has 0 spiro atoms. The number of hydrogen-bond acceptors (Lipinski definition) is 4. The Morgan fingerprint density at radius 1 is 1.64 bits per heavy atom. The van der Waals surface area contributed by atoms with E-state index in [1.54, 1.807) is 18.5 Å². The molecule has 72 valence electrons. The van der Waals surface area contributed by atoms with Crippen LogP contribution in [0.3, 0.4) is 0 Å². The Kier molecular flexibility index (Phi) is 2.61. The quantitative estimate of drug-likeness (QED) is 0.743. The normalized spacial score (nSPS) is 20.4. The van der Waals surface area contributed by atoms with Crippen LogP contribution in [0.1, 0.15) is 12.0 Å². The van der Waals surface area contributed by atoms with Crippen LogP contribution in [0.2, 0.25) is 0 Å². The summed E-state index contributed by atoms with van der Waals surface area (Å²) in [4.78, 5) is 3.94. The van der Waals surface area contributed by atoms with Gasteiger partial charge in [-0.25, -0.2) is 0 Å². The van der Waals surface area contributed by atoms with Gasteiger partial charge in [-0.3, -0.25) is 4.98 Å². The Bertz CT molecular complexity index is 353. The number of aromatic nitrogens is 1. The molecule has 0 saturated carbocycles. The van der Waals surface area contributed by atoms with E-state index in [1.807, 2.05) is 0 Å². The van der Waals surface area contributed by atoms with E-state index in [0.717, 1.165) is 19.5 Å². The van der Waals surface area contributed by atoms with Gasteiger partial charge in [-0.1, -0.05) is 0 Å². The van der Waals surface area contributed by atoms with Crippen molar-refractivity contribution in [1.29, 1.82) is 5.26 Å². The van der Waals surface area contributed by atoms with Crippen LogP contribution in [-0.2, 0) is 0 Å². The summed E-state index contributed by atoms with van der Waals surface area (Å²) in [6.07, 6.45) is 4.35. The van der Waals surface area contributed by atoms with Crippen LogP contribution in [0.5, 0.6) is 5.75 Å². The molecule has 1 aromatic heterocycles. The first-order valence-electron chi connectivity index (χ1n) is 4.61. The van der Waals surface area contributed by atoms with E-state index >= 15 is 0 Å². The summed E-state index contributed by atoms with van der Waals surface area (Å²) in [6, 6.07) is 3.75. The highest BCUT2D eigenvalue weighted by atomic mass is 16.5. The molecule has 14 heavy (non-hydrogen) atoms. The highest BCUT2D eigenvalue weighted by Crippen LogP contribution is 2.18. The number of nitriles is 1. The minimum atomic E-state index is 0.172. The van der Waals surface area contributed by atoms with Crippen molar-refractivity contribution in [2.24, 2.45) is 0 Å². The Balaban J connectivity index is 2.11. The molecule has 1 aliphatic heterocycles. The molecule has 1 N–H and O–H groups in total. The summed E-state index contributed by atoms with van der Waals surface area (Å²) in [6.45, 7) is 1.83. The van der Waals surface area contributed by atoms with Gasteiger partial charge in [-0.2, -0.15) is 5.26 Å². The predicted octanol–water partition coefficient (Wildman–Crippen LogP) is 0.694. The van der Waals surface area contributed by atoms with Crippen LogP contribution in [-0.4, -0.2) is 24.2 Å². The van der Waals surface area contributed by atoms with Crippen LogP contribution >= 0.6 is 0 Å². The number of nitrogens with one attached hydrogen (secondary N) is 1. The molecule has 0 amide bonds. The van der Waals surface area contributed by atoms with Gasteiger partial charge in [0.05, 0.1) is 11.8 Å². The average Bonchev–Trinajstić information content (AvgIpc) is 2.71. The van der Waals surface area contributed by atoms with Gasteiger partial charge in [0.25, 0.3) is 0 Å². The van der Waals surface area contributed by atoms with Crippen LogP contribution in [0, 0.1) is 11.3 Å². The van der Waals surface area contributed by atoms with Crippen molar-refractivity contribution in [2.75, 3.05) is 13.1 Å². The van der Waals surface area contributed by atoms with Gasteiger partial charge in [0.15, 0.2) is 5.75 Å². The van der Waals surface area contributed by atoms with E-state index in [9.17, 15) is 0 Å². The summed E-state index contributed by atoms with van der Waals surface area (Å²) in [5.41, 5.74) is 0.548. The summed E-state index contributed by atoms with van der Waals surface area (Å²) in [5, 5.41) is 12.0. The molecule has 1 saturated heterocycles. The van der Waals surface area contributed by atoms with Crippen molar-refractivity contribution >= 4 is 0 Å². The Labute approximate surface area is 82.5 Å². The highest BCUT2D eigenvalue weighted by molar-refractivity contribution is 5.40. The average molecular weight is 189 g/mol. The maximum absolute atomic E-state index is 8.82. The fourth-order valence-corrected chi connectivity index (χ4v) is 1.47. The first kappa shape index (κ1) is 8.97. The lowest BCUT2D eigenvalue weighted by Crippen LogP contribution is -2.20. The smallest absolute Gasteiger partial charge is 0.155 e. The third-order valence-corrected chi connectivity index (χ3v) is 2.21. The number of pyridine rings is 1. The summed E-state index contributed by atoms with van der Waals surface area (Å²) < 4.78 is 5.65. The topological polar surface area (TPSA) is 57.9 Å². The predicted molar refractivity (Wildman–Crippen MR) is 50.9 cm³/mol. The van der Waals surface area contributed by atoms with Crippen molar-refractivity contribution in [1.82, 2.24) is 10.3 Å². The van der Waals surface area contributed by atoms with E-state index in [4.69, 9.17) is 10.00 Å². The van der Waals surface area contributed by atoms with Gasteiger partial charge < -0.3 is 10.1 Å². The zero-order valence-electron chi connectivity index (χ0n) is 7.73. The molecule has 2 heterocycles. The second kappa shape index (κ2) is 4.07. The van der Waals surface area contributed by atoms with Gasteiger partial charge in [-0.15, -0.1) is 0 Å². The van der Waals surface area contributed by atoms with E-state index < -0.39 is 0 Å². The van der Waals surface area contributed by atoms with Gasteiger partial charge >= 0.3 is 0 Å². The van der Waals surface area contributed by atoms with Crippen molar-refractivity contribution < 1.29 is 4.74 Å². The second-order valence-corrected chi connectivity index (χ2v) is 3.22. The lowest BCUT2D eigenvalue weighted by Gasteiger charge is -2.12.